The monoisotopic (exact) mass is 418 g/mol. The summed E-state index contributed by atoms with van der Waals surface area (Å²) >= 11 is 0. The molecular weight excluding hydrogens is 384 g/mol. The Labute approximate surface area is 178 Å². The minimum absolute atomic E-state index is 0.103. The van der Waals surface area contributed by atoms with Crippen LogP contribution in [0.15, 0.2) is 16.7 Å². The van der Waals surface area contributed by atoms with Crippen molar-refractivity contribution in [3.8, 4) is 0 Å². The molecule has 166 valence electrons. The van der Waals surface area contributed by atoms with E-state index < -0.39 is 22.5 Å². The Morgan fingerprint density at radius 3 is 2.63 bits per heavy atom. The highest BCUT2D eigenvalue weighted by atomic mass is 16.5. The van der Waals surface area contributed by atoms with Crippen LogP contribution in [0.5, 0.6) is 0 Å². The molecule has 2 fully saturated rings. The van der Waals surface area contributed by atoms with Crippen LogP contribution < -0.4 is 0 Å². The molecule has 3 aliphatic rings. The summed E-state index contributed by atoms with van der Waals surface area (Å²) in [7, 11) is 0. The number of carbonyl (C=O) groups is 2. The van der Waals surface area contributed by atoms with Gasteiger partial charge < -0.3 is 19.0 Å². The summed E-state index contributed by atoms with van der Waals surface area (Å²) in [5.41, 5.74) is -0.957. The second-order valence-corrected chi connectivity index (χ2v) is 10.3. The van der Waals surface area contributed by atoms with Crippen molar-refractivity contribution in [3.63, 3.8) is 0 Å². The van der Waals surface area contributed by atoms with Gasteiger partial charge in [0.15, 0.2) is 0 Å². The summed E-state index contributed by atoms with van der Waals surface area (Å²) in [6.45, 7) is 9.37. The standard InChI is InChI=1S/C24H34O6/c1-14-17-7-10-28-19(17)11-18-21(14)20(30-16(3)26)12-24(27)22(4,13-29-15(2)25)8-6-9-23(18,24)5/h7,10,14,18,20-21,27H,6,8-9,11-13H2,1-5H3/t14-,18-,20-,21-,22+,23+,24+/m0/s1. The summed E-state index contributed by atoms with van der Waals surface area (Å²) in [4.78, 5) is 23.6. The van der Waals surface area contributed by atoms with Gasteiger partial charge >= 0.3 is 11.9 Å². The Morgan fingerprint density at radius 1 is 1.23 bits per heavy atom. The van der Waals surface area contributed by atoms with Crippen molar-refractivity contribution in [2.75, 3.05) is 6.61 Å². The number of rotatable bonds is 3. The molecular formula is C24H34O6. The first-order chi connectivity index (χ1) is 14.0. The molecule has 1 N–H and O–H groups in total. The van der Waals surface area contributed by atoms with E-state index in [1.807, 2.05) is 13.0 Å². The number of aliphatic hydroxyl groups is 1. The molecule has 1 aromatic heterocycles. The summed E-state index contributed by atoms with van der Waals surface area (Å²) < 4.78 is 17.1. The van der Waals surface area contributed by atoms with Gasteiger partial charge in [-0.2, -0.15) is 0 Å². The first kappa shape index (κ1) is 21.4. The smallest absolute Gasteiger partial charge is 0.302 e. The van der Waals surface area contributed by atoms with Crippen LogP contribution >= 0.6 is 0 Å². The number of fused-ring (bicyclic) bond motifs is 4. The molecule has 6 heteroatoms. The Balaban J connectivity index is 1.81. The number of esters is 2. The van der Waals surface area contributed by atoms with Gasteiger partial charge in [-0.05, 0) is 36.3 Å². The van der Waals surface area contributed by atoms with Gasteiger partial charge in [0.25, 0.3) is 0 Å². The molecule has 0 saturated heterocycles. The first-order valence-electron chi connectivity index (χ1n) is 11.1. The lowest BCUT2D eigenvalue weighted by Gasteiger charge is -2.67. The number of carbonyl (C=O) groups excluding carboxylic acids is 2. The normalized spacial score (nSPS) is 42.5. The van der Waals surface area contributed by atoms with Crippen LogP contribution in [0.3, 0.4) is 0 Å². The van der Waals surface area contributed by atoms with Crippen molar-refractivity contribution < 1.29 is 28.6 Å². The molecule has 4 rings (SSSR count). The maximum Gasteiger partial charge on any atom is 0.302 e. The van der Waals surface area contributed by atoms with Crippen molar-refractivity contribution in [1.82, 2.24) is 0 Å². The van der Waals surface area contributed by atoms with Gasteiger partial charge in [-0.1, -0.05) is 27.2 Å². The summed E-state index contributed by atoms with van der Waals surface area (Å²) in [5, 5.41) is 12.4. The summed E-state index contributed by atoms with van der Waals surface area (Å²) in [6.07, 6.45) is 5.03. The molecule has 2 saturated carbocycles. The predicted molar refractivity (Wildman–Crippen MR) is 110 cm³/mol. The molecule has 3 aliphatic carbocycles. The van der Waals surface area contributed by atoms with Crippen molar-refractivity contribution in [2.45, 2.75) is 84.3 Å². The molecule has 30 heavy (non-hydrogen) atoms. The Kier molecular flexibility index (Phi) is 5.08. The highest BCUT2D eigenvalue weighted by molar-refractivity contribution is 5.66. The molecule has 6 nitrogen and oxygen atoms in total. The maximum atomic E-state index is 12.4. The van der Waals surface area contributed by atoms with Crippen LogP contribution in [0.2, 0.25) is 0 Å². The van der Waals surface area contributed by atoms with Gasteiger partial charge in [0, 0.05) is 43.4 Å². The highest BCUT2D eigenvalue weighted by Crippen LogP contribution is 2.67. The van der Waals surface area contributed by atoms with Crippen LogP contribution in [-0.2, 0) is 25.5 Å². The van der Waals surface area contributed by atoms with Crippen molar-refractivity contribution in [1.29, 1.82) is 0 Å². The topological polar surface area (TPSA) is 86.0 Å². The number of hydrogen-bond acceptors (Lipinski definition) is 6. The molecule has 0 radical (unpaired) electrons. The van der Waals surface area contributed by atoms with Crippen molar-refractivity contribution in [3.05, 3.63) is 23.7 Å². The summed E-state index contributed by atoms with van der Waals surface area (Å²) in [6, 6.07) is 2.02. The van der Waals surface area contributed by atoms with E-state index >= 15 is 0 Å². The fourth-order valence-electron chi connectivity index (χ4n) is 7.18. The first-order valence-corrected chi connectivity index (χ1v) is 11.1. The molecule has 0 aromatic carbocycles. The van der Waals surface area contributed by atoms with E-state index in [2.05, 4.69) is 13.8 Å². The number of furan rings is 1. The predicted octanol–water partition coefficient (Wildman–Crippen LogP) is 4.00. The molecule has 0 spiro atoms. The minimum Gasteiger partial charge on any atom is -0.469 e. The zero-order valence-corrected chi connectivity index (χ0v) is 18.7. The molecule has 1 heterocycles. The van der Waals surface area contributed by atoms with Gasteiger partial charge in [-0.25, -0.2) is 0 Å². The highest BCUT2D eigenvalue weighted by Gasteiger charge is 2.69. The Morgan fingerprint density at radius 2 is 1.97 bits per heavy atom. The quantitative estimate of drug-likeness (QED) is 0.747. The lowest BCUT2D eigenvalue weighted by Crippen LogP contribution is -2.71. The molecule has 0 unspecified atom stereocenters. The van der Waals surface area contributed by atoms with Gasteiger partial charge in [-0.15, -0.1) is 0 Å². The SMILES string of the molecule is CC(=O)OC[C@@]1(C)CCC[C@]2(C)[C@H]3Cc4occc4[C@H](C)[C@@H]3[C@@H](OC(C)=O)C[C@@]12O. The lowest BCUT2D eigenvalue weighted by molar-refractivity contribution is -0.277. The molecule has 0 amide bonds. The average molecular weight is 419 g/mol. The van der Waals surface area contributed by atoms with E-state index in [9.17, 15) is 14.7 Å². The fourth-order valence-corrected chi connectivity index (χ4v) is 7.18. The van der Waals surface area contributed by atoms with E-state index in [1.54, 1.807) is 6.26 Å². The average Bonchev–Trinajstić information content (AvgIpc) is 3.12. The van der Waals surface area contributed by atoms with Crippen LogP contribution in [0.4, 0.5) is 0 Å². The van der Waals surface area contributed by atoms with E-state index in [0.29, 0.717) is 6.42 Å². The van der Waals surface area contributed by atoms with Gasteiger partial charge in [0.1, 0.15) is 11.9 Å². The van der Waals surface area contributed by atoms with Crippen LogP contribution in [0.1, 0.15) is 77.5 Å². The van der Waals surface area contributed by atoms with Gasteiger partial charge in [0.2, 0.25) is 0 Å². The van der Waals surface area contributed by atoms with Crippen LogP contribution in [0, 0.1) is 22.7 Å². The lowest BCUT2D eigenvalue weighted by atomic mass is 9.40. The summed E-state index contributed by atoms with van der Waals surface area (Å²) in [5.74, 6) is 0.692. The Bertz CT molecular complexity index is 845. The van der Waals surface area contributed by atoms with Gasteiger partial charge in [-0.3, -0.25) is 9.59 Å². The third-order valence-electron chi connectivity index (χ3n) is 8.74. The van der Waals surface area contributed by atoms with E-state index in [0.717, 1.165) is 31.4 Å². The van der Waals surface area contributed by atoms with Crippen LogP contribution in [-0.4, -0.2) is 35.4 Å². The number of ether oxygens (including phenoxy) is 2. The largest absolute Gasteiger partial charge is 0.469 e. The zero-order chi connectivity index (χ0) is 21.9. The molecule has 0 aliphatic heterocycles. The molecule has 0 bridgehead atoms. The molecule has 1 aromatic rings. The number of hydrogen-bond donors (Lipinski definition) is 1. The van der Waals surface area contributed by atoms with Gasteiger partial charge in [0.05, 0.1) is 18.5 Å². The second-order valence-electron chi connectivity index (χ2n) is 10.3. The third kappa shape index (κ3) is 2.94. The fraction of sp³-hybridized carbons (Fsp3) is 0.750. The minimum atomic E-state index is -1.13. The molecule has 7 atom stereocenters. The maximum absolute atomic E-state index is 12.4. The Hall–Kier alpha value is -1.82. The van der Waals surface area contributed by atoms with E-state index in [1.165, 1.54) is 19.4 Å². The second kappa shape index (κ2) is 7.11. The van der Waals surface area contributed by atoms with Crippen LogP contribution in [0.25, 0.3) is 0 Å². The van der Waals surface area contributed by atoms with E-state index in [-0.39, 0.29) is 36.3 Å². The van der Waals surface area contributed by atoms with Crippen molar-refractivity contribution >= 4 is 11.9 Å². The van der Waals surface area contributed by atoms with E-state index in [4.69, 9.17) is 13.9 Å². The third-order valence-corrected chi connectivity index (χ3v) is 8.74. The van der Waals surface area contributed by atoms with Crippen molar-refractivity contribution in [2.24, 2.45) is 22.7 Å². The zero-order valence-electron chi connectivity index (χ0n) is 18.7.